The molecule has 0 bridgehead atoms. The number of fused-ring (bicyclic) bond motifs is 2. The van der Waals surface area contributed by atoms with Crippen molar-refractivity contribution in [3.8, 4) is 17.2 Å². The van der Waals surface area contributed by atoms with Crippen LogP contribution in [0.1, 0.15) is 36.6 Å². The number of amides is 1. The number of ketones is 1. The second kappa shape index (κ2) is 10.7. The van der Waals surface area contributed by atoms with Crippen LogP contribution >= 0.6 is 11.3 Å². The van der Waals surface area contributed by atoms with E-state index in [-0.39, 0.29) is 17.4 Å². The van der Waals surface area contributed by atoms with Crippen molar-refractivity contribution in [2.24, 2.45) is 0 Å². The number of aromatic nitrogens is 1. The van der Waals surface area contributed by atoms with Crippen molar-refractivity contribution in [1.29, 1.82) is 0 Å². The van der Waals surface area contributed by atoms with Crippen LogP contribution < -0.4 is 19.1 Å². The lowest BCUT2D eigenvalue weighted by molar-refractivity contribution is -0.132. The van der Waals surface area contributed by atoms with Gasteiger partial charge < -0.3 is 19.3 Å². The van der Waals surface area contributed by atoms with Crippen LogP contribution in [0.5, 0.6) is 17.2 Å². The third-order valence-corrected chi connectivity index (χ3v) is 8.06. The highest BCUT2D eigenvalue weighted by Gasteiger charge is 2.48. The summed E-state index contributed by atoms with van der Waals surface area (Å²) in [4.78, 5) is 33.3. The molecule has 8 nitrogen and oxygen atoms in total. The van der Waals surface area contributed by atoms with Gasteiger partial charge in [0, 0.05) is 12.0 Å². The minimum atomic E-state index is -0.904. The molecule has 2 aliphatic heterocycles. The molecule has 208 valence electrons. The molecule has 1 N–H and O–H groups in total. The Labute approximate surface area is 241 Å². The minimum Gasteiger partial charge on any atom is -0.507 e. The van der Waals surface area contributed by atoms with Gasteiger partial charge in [-0.3, -0.25) is 14.5 Å². The van der Waals surface area contributed by atoms with Gasteiger partial charge in [0.2, 0.25) is 0 Å². The zero-order chi connectivity index (χ0) is 28.7. The highest BCUT2D eigenvalue weighted by Crippen LogP contribution is 2.45. The Kier molecular flexibility index (Phi) is 6.96. The smallest absolute Gasteiger partial charge is 0.301 e. The molecular formula is C32H28N2O6S. The van der Waals surface area contributed by atoms with Gasteiger partial charge in [0.1, 0.15) is 35.7 Å². The number of carbonyl (C=O) groups excluding carboxylic acids is 2. The number of anilines is 1. The van der Waals surface area contributed by atoms with Gasteiger partial charge in [-0.1, -0.05) is 36.1 Å². The van der Waals surface area contributed by atoms with Crippen molar-refractivity contribution < 1.29 is 28.9 Å². The summed E-state index contributed by atoms with van der Waals surface area (Å²) in [5.74, 6) is 0.275. The van der Waals surface area contributed by atoms with Crippen molar-refractivity contribution in [1.82, 2.24) is 4.98 Å². The van der Waals surface area contributed by atoms with E-state index in [1.165, 1.54) is 16.2 Å². The van der Waals surface area contributed by atoms with E-state index in [0.29, 0.717) is 52.9 Å². The molecule has 6 rings (SSSR count). The number of thiazole rings is 1. The lowest BCUT2D eigenvalue weighted by Crippen LogP contribution is -2.29. The summed E-state index contributed by atoms with van der Waals surface area (Å²) in [5.41, 5.74) is 2.68. The van der Waals surface area contributed by atoms with Crippen LogP contribution in [0.15, 0.2) is 78.9 Å². The Morgan fingerprint density at radius 1 is 1.12 bits per heavy atom. The van der Waals surface area contributed by atoms with Gasteiger partial charge in [-0.05, 0) is 73.5 Å². The van der Waals surface area contributed by atoms with Crippen molar-refractivity contribution >= 4 is 44.1 Å². The van der Waals surface area contributed by atoms with Crippen LogP contribution in [0.4, 0.5) is 5.13 Å². The lowest BCUT2D eigenvalue weighted by Gasteiger charge is -2.23. The van der Waals surface area contributed by atoms with Crippen molar-refractivity contribution in [2.75, 3.05) is 18.1 Å². The van der Waals surface area contributed by atoms with E-state index >= 15 is 0 Å². The van der Waals surface area contributed by atoms with Crippen LogP contribution in [0.3, 0.4) is 0 Å². The number of ether oxygens (including phenoxy) is 3. The first kappa shape index (κ1) is 26.6. The Morgan fingerprint density at radius 2 is 1.90 bits per heavy atom. The monoisotopic (exact) mass is 568 g/mol. The molecule has 1 saturated heterocycles. The molecule has 1 fully saturated rings. The van der Waals surface area contributed by atoms with Crippen molar-refractivity contribution in [3.05, 3.63) is 95.6 Å². The fourth-order valence-corrected chi connectivity index (χ4v) is 6.24. The Bertz CT molecular complexity index is 1710. The number of rotatable bonds is 8. The predicted octanol–water partition coefficient (Wildman–Crippen LogP) is 6.21. The van der Waals surface area contributed by atoms with Crippen molar-refractivity contribution in [2.45, 2.75) is 32.4 Å². The first-order valence-corrected chi connectivity index (χ1v) is 14.2. The maximum absolute atomic E-state index is 13.6. The zero-order valence-electron chi connectivity index (χ0n) is 22.6. The number of Topliss-reactive ketones (excluding diaryl/α,β-unsaturated/α-hetero) is 1. The van der Waals surface area contributed by atoms with E-state index in [1.54, 1.807) is 42.5 Å². The molecule has 41 heavy (non-hydrogen) atoms. The van der Waals surface area contributed by atoms with Crippen LogP contribution in [0.2, 0.25) is 0 Å². The summed E-state index contributed by atoms with van der Waals surface area (Å²) >= 11 is 1.28. The summed E-state index contributed by atoms with van der Waals surface area (Å²) in [6, 6.07) is 17.0. The first-order valence-electron chi connectivity index (χ1n) is 13.4. The largest absolute Gasteiger partial charge is 0.507 e. The van der Waals surface area contributed by atoms with Gasteiger partial charge in [-0.25, -0.2) is 4.98 Å². The van der Waals surface area contributed by atoms with Crippen LogP contribution in [-0.2, 0) is 16.0 Å². The van der Waals surface area contributed by atoms with Crippen LogP contribution in [-0.4, -0.2) is 41.1 Å². The second-order valence-corrected chi connectivity index (χ2v) is 10.9. The molecule has 2 aliphatic rings. The fraction of sp³-hybridized carbons (Fsp3) is 0.219. The van der Waals surface area contributed by atoms with E-state index in [0.717, 1.165) is 16.0 Å². The third kappa shape index (κ3) is 4.82. The number of hydrogen-bond acceptors (Lipinski definition) is 8. The lowest BCUT2D eigenvalue weighted by atomic mass is 9.94. The number of hydrogen-bond donors (Lipinski definition) is 1. The van der Waals surface area contributed by atoms with Gasteiger partial charge in [-0.15, -0.1) is 0 Å². The van der Waals surface area contributed by atoms with E-state index < -0.39 is 17.7 Å². The molecule has 0 unspecified atom stereocenters. The number of aliphatic hydroxyl groups is 1. The molecule has 4 aromatic rings. The highest BCUT2D eigenvalue weighted by atomic mass is 32.1. The Balaban J connectivity index is 1.48. The standard InChI is InChI=1S/C32H28N2O6S/c1-4-14-39-22-9-6-19(7-10-22)28-27(29(35)20-8-13-25-21(16-20)15-18(3)40-25)30(36)31(37)34(28)32-33-24-12-11-23(38-5-2)17-26(24)41-32/h4,6-13,16-18,28,35H,1,5,14-15H2,2-3H3/t18-,28+/m0/s1. The summed E-state index contributed by atoms with van der Waals surface area (Å²) in [5, 5.41) is 11.9. The summed E-state index contributed by atoms with van der Waals surface area (Å²) in [7, 11) is 0. The van der Waals surface area contributed by atoms with E-state index in [9.17, 15) is 14.7 Å². The summed E-state index contributed by atoms with van der Waals surface area (Å²) < 4.78 is 17.9. The Hall–Kier alpha value is -4.63. The Morgan fingerprint density at radius 3 is 2.66 bits per heavy atom. The highest BCUT2D eigenvalue weighted by molar-refractivity contribution is 7.22. The second-order valence-electron chi connectivity index (χ2n) is 9.85. The van der Waals surface area contributed by atoms with Crippen molar-refractivity contribution in [3.63, 3.8) is 0 Å². The molecule has 1 amide bonds. The van der Waals surface area contributed by atoms with Gasteiger partial charge in [0.25, 0.3) is 5.78 Å². The van der Waals surface area contributed by atoms with E-state index in [2.05, 4.69) is 6.58 Å². The number of carbonyl (C=O) groups is 2. The number of aliphatic hydroxyl groups excluding tert-OH is 1. The third-order valence-electron chi connectivity index (χ3n) is 7.04. The maximum Gasteiger partial charge on any atom is 0.301 e. The topological polar surface area (TPSA) is 98.2 Å². The van der Waals surface area contributed by atoms with Gasteiger partial charge in [-0.2, -0.15) is 0 Å². The van der Waals surface area contributed by atoms with Gasteiger partial charge in [0.05, 0.1) is 28.4 Å². The SMILES string of the molecule is C=CCOc1ccc([C@@H]2C(=C(O)c3ccc4c(c3)C[C@H](C)O4)C(=O)C(=O)N2c2nc3ccc(OCC)cc3s2)cc1. The molecule has 0 spiro atoms. The molecule has 9 heteroatoms. The summed E-state index contributed by atoms with van der Waals surface area (Å²) in [6.07, 6.45) is 2.36. The maximum atomic E-state index is 13.6. The molecule has 3 aromatic carbocycles. The zero-order valence-corrected chi connectivity index (χ0v) is 23.4. The molecule has 0 saturated carbocycles. The molecule has 0 radical (unpaired) electrons. The van der Waals surface area contributed by atoms with Crippen LogP contribution in [0.25, 0.3) is 16.0 Å². The fourth-order valence-electron chi connectivity index (χ4n) is 5.22. The molecule has 2 atom stereocenters. The van der Waals surface area contributed by atoms with Gasteiger partial charge >= 0.3 is 5.91 Å². The minimum absolute atomic E-state index is 0.00376. The van der Waals surface area contributed by atoms with Crippen LogP contribution in [0, 0.1) is 0 Å². The van der Waals surface area contributed by atoms with Gasteiger partial charge in [0.15, 0.2) is 5.13 Å². The summed E-state index contributed by atoms with van der Waals surface area (Å²) in [6.45, 7) is 8.41. The average Bonchev–Trinajstić information content (AvgIpc) is 3.64. The number of benzene rings is 3. The molecule has 1 aromatic heterocycles. The molecular weight excluding hydrogens is 540 g/mol. The first-order chi connectivity index (χ1) is 19.9. The number of nitrogens with zero attached hydrogens (tertiary/aromatic N) is 2. The molecule has 3 heterocycles. The molecule has 0 aliphatic carbocycles. The van der Waals surface area contributed by atoms with E-state index in [4.69, 9.17) is 19.2 Å². The normalized spacial score (nSPS) is 19.3. The average molecular weight is 569 g/mol. The predicted molar refractivity (Wildman–Crippen MR) is 158 cm³/mol. The quantitative estimate of drug-likeness (QED) is 0.117. The van der Waals surface area contributed by atoms with E-state index in [1.807, 2.05) is 38.1 Å².